The maximum absolute atomic E-state index is 13.6. The molecule has 298 valence electrons. The zero-order valence-electron chi connectivity index (χ0n) is 30.0. The van der Waals surface area contributed by atoms with Gasteiger partial charge in [-0.1, -0.05) is 63.6 Å². The molecule has 0 spiro atoms. The molecule has 4 aliphatic rings. The molecule has 2 aliphatic heterocycles. The predicted octanol–water partition coefficient (Wildman–Crippen LogP) is 1.22. The third kappa shape index (κ3) is 9.92. The minimum Gasteiger partial charge on any atom is -0.481 e. The molecule has 1 aromatic rings. The van der Waals surface area contributed by atoms with Gasteiger partial charge in [-0.2, -0.15) is 0 Å². The summed E-state index contributed by atoms with van der Waals surface area (Å²) in [5.74, 6) is -4.65. The zero-order chi connectivity index (χ0) is 38.4. The van der Waals surface area contributed by atoms with Gasteiger partial charge in [0.1, 0.15) is 36.6 Å². The van der Waals surface area contributed by atoms with E-state index in [2.05, 4.69) is 0 Å². The number of aliphatic carboxylic acids is 2. The van der Waals surface area contributed by atoms with Crippen LogP contribution in [0.3, 0.4) is 0 Å². The number of aliphatic hydroxyl groups is 5. The Morgan fingerprint density at radius 3 is 2.15 bits per heavy atom. The molecule has 2 saturated carbocycles. The van der Waals surface area contributed by atoms with E-state index in [0.717, 1.165) is 32.1 Å². The lowest BCUT2D eigenvalue weighted by atomic mass is 9.76. The average Bonchev–Trinajstić information content (AvgIpc) is 3.15. The highest BCUT2D eigenvalue weighted by Gasteiger charge is 2.54. The van der Waals surface area contributed by atoms with Crippen molar-refractivity contribution in [1.82, 2.24) is 0 Å². The highest BCUT2D eigenvalue weighted by Crippen LogP contribution is 2.40. The van der Waals surface area contributed by atoms with Gasteiger partial charge in [-0.25, -0.2) is 9.59 Å². The van der Waals surface area contributed by atoms with Crippen LogP contribution in [0.2, 0.25) is 0 Å². The van der Waals surface area contributed by atoms with E-state index in [0.29, 0.717) is 6.42 Å². The number of aliphatic hydroxyl groups excluding tert-OH is 5. The Bertz CT molecular complexity index is 1340. The Kier molecular flexibility index (Phi) is 14.6. The number of hydrogen-bond donors (Lipinski definition) is 7. The molecule has 53 heavy (non-hydrogen) atoms. The monoisotopic (exact) mass is 754 g/mol. The minimum atomic E-state index is -1.68. The molecule has 2 saturated heterocycles. The van der Waals surface area contributed by atoms with E-state index < -0.39 is 116 Å². The number of ether oxygens (including phenoxy) is 6. The van der Waals surface area contributed by atoms with Gasteiger partial charge in [-0.3, -0.25) is 4.79 Å². The van der Waals surface area contributed by atoms with Crippen LogP contribution in [0.25, 0.3) is 0 Å². The van der Waals surface area contributed by atoms with Gasteiger partial charge in [0.2, 0.25) is 0 Å². The second-order valence-electron chi connectivity index (χ2n) is 14.8. The summed E-state index contributed by atoms with van der Waals surface area (Å²) in [6, 6.07) is 7.89. The Labute approximate surface area is 307 Å². The first-order chi connectivity index (χ1) is 25.3. The summed E-state index contributed by atoms with van der Waals surface area (Å²) in [5, 5.41) is 73.6. The van der Waals surface area contributed by atoms with Crippen molar-refractivity contribution < 1.29 is 78.6 Å². The maximum atomic E-state index is 13.6. The van der Waals surface area contributed by atoms with Crippen molar-refractivity contribution in [3.05, 3.63) is 35.9 Å². The molecule has 16 nitrogen and oxygen atoms in total. The molecule has 0 aromatic heterocycles. The topological polar surface area (TPSA) is 248 Å². The number of hydrogen-bond acceptors (Lipinski definition) is 14. The quantitative estimate of drug-likeness (QED) is 0.132. The van der Waals surface area contributed by atoms with Gasteiger partial charge in [-0.15, -0.1) is 0 Å². The molecule has 0 amide bonds. The van der Waals surface area contributed by atoms with Gasteiger partial charge < -0.3 is 64.2 Å². The number of carboxylic acids is 2. The number of carbonyl (C=O) groups excluding carboxylic acids is 1. The summed E-state index contributed by atoms with van der Waals surface area (Å²) < 4.78 is 36.5. The van der Waals surface area contributed by atoms with Gasteiger partial charge in [0.05, 0.1) is 36.4 Å². The fourth-order valence-corrected chi connectivity index (χ4v) is 8.03. The normalized spacial score (nSPS) is 38.8. The molecule has 0 radical (unpaired) electrons. The highest BCUT2D eigenvalue weighted by atomic mass is 16.7. The molecule has 7 N–H and O–H groups in total. The molecule has 1 aromatic carbocycles. The van der Waals surface area contributed by atoms with Crippen LogP contribution in [-0.2, 0) is 38.0 Å². The molecule has 4 fully saturated rings. The van der Waals surface area contributed by atoms with E-state index in [-0.39, 0.29) is 30.7 Å². The Balaban J connectivity index is 1.49. The van der Waals surface area contributed by atoms with Gasteiger partial charge in [0.25, 0.3) is 0 Å². The van der Waals surface area contributed by atoms with Crippen LogP contribution in [-0.4, -0.2) is 140 Å². The average molecular weight is 755 g/mol. The van der Waals surface area contributed by atoms with Crippen LogP contribution in [0.15, 0.2) is 30.3 Å². The second-order valence-corrected chi connectivity index (χ2v) is 14.8. The van der Waals surface area contributed by atoms with Crippen molar-refractivity contribution in [1.29, 1.82) is 0 Å². The van der Waals surface area contributed by atoms with Crippen molar-refractivity contribution in [2.24, 2.45) is 17.8 Å². The first kappa shape index (κ1) is 41.4. The molecular weight excluding hydrogens is 700 g/mol. The van der Waals surface area contributed by atoms with Crippen molar-refractivity contribution in [3.8, 4) is 0 Å². The number of benzene rings is 1. The standard InChI is InChI=1S/C37H54O16/c1-3-20-15-22(33(43)44)16-23(30(20)53-36-29(42)28(41)26(39)18(2)48-36)50-37-32(52-35(47)21-12-8-5-9-13-21)31(27(40)25(17-38)51-37)49-24(34(45)46)14-19-10-6-4-7-11-19/h5,8-9,12-13,18-20,22-32,36-42H,3-4,6-7,10-11,14-17H2,1-2H3,(H,43,44)(H,45,46)/t18?,20?,22?,23-,24+,25?,26?,27?,28?,29?,30?,31?,32?,36?,37?/m1/s1. The number of esters is 1. The highest BCUT2D eigenvalue weighted by molar-refractivity contribution is 5.89. The van der Waals surface area contributed by atoms with Crippen LogP contribution in [0.1, 0.15) is 82.0 Å². The molecule has 2 heterocycles. The van der Waals surface area contributed by atoms with Crippen molar-refractivity contribution in [3.63, 3.8) is 0 Å². The largest absolute Gasteiger partial charge is 0.481 e. The van der Waals surface area contributed by atoms with Crippen molar-refractivity contribution in [2.75, 3.05) is 6.61 Å². The van der Waals surface area contributed by atoms with Crippen LogP contribution in [0.4, 0.5) is 0 Å². The zero-order valence-corrected chi connectivity index (χ0v) is 30.0. The van der Waals surface area contributed by atoms with Crippen molar-refractivity contribution in [2.45, 2.75) is 151 Å². The summed E-state index contributed by atoms with van der Waals surface area (Å²) in [5.41, 5.74) is 0.120. The van der Waals surface area contributed by atoms with Gasteiger partial charge >= 0.3 is 17.9 Å². The van der Waals surface area contributed by atoms with E-state index >= 15 is 0 Å². The molecule has 5 rings (SSSR count). The van der Waals surface area contributed by atoms with Crippen LogP contribution in [0, 0.1) is 17.8 Å². The third-order valence-electron chi connectivity index (χ3n) is 11.1. The fourth-order valence-electron chi connectivity index (χ4n) is 8.03. The lowest BCUT2D eigenvalue weighted by molar-refractivity contribution is -0.349. The smallest absolute Gasteiger partial charge is 0.338 e. The van der Waals surface area contributed by atoms with E-state index in [1.807, 2.05) is 6.92 Å². The molecule has 15 atom stereocenters. The van der Waals surface area contributed by atoms with Crippen molar-refractivity contribution >= 4 is 17.9 Å². The molecule has 13 unspecified atom stereocenters. The summed E-state index contributed by atoms with van der Waals surface area (Å²) in [6.07, 6.45) is -13.5. The summed E-state index contributed by atoms with van der Waals surface area (Å²) >= 11 is 0. The molecule has 2 aliphatic carbocycles. The molecular formula is C37H54O16. The van der Waals surface area contributed by atoms with E-state index in [1.165, 1.54) is 19.1 Å². The second kappa shape index (κ2) is 18.7. The first-order valence-electron chi connectivity index (χ1n) is 18.6. The van der Waals surface area contributed by atoms with E-state index in [4.69, 9.17) is 28.4 Å². The van der Waals surface area contributed by atoms with Crippen LogP contribution >= 0.6 is 0 Å². The number of carbonyl (C=O) groups is 3. The fraction of sp³-hybridized carbons (Fsp3) is 0.757. The van der Waals surface area contributed by atoms with Gasteiger partial charge in [0, 0.05) is 0 Å². The first-order valence-corrected chi connectivity index (χ1v) is 18.6. The van der Waals surface area contributed by atoms with Gasteiger partial charge in [-0.05, 0) is 50.2 Å². The number of carboxylic acid groups (broad SMARTS) is 2. The molecule has 16 heteroatoms. The Morgan fingerprint density at radius 1 is 0.830 bits per heavy atom. The number of rotatable bonds is 14. The predicted molar refractivity (Wildman–Crippen MR) is 181 cm³/mol. The Hall–Kier alpha value is -2.77. The maximum Gasteiger partial charge on any atom is 0.338 e. The van der Waals surface area contributed by atoms with Gasteiger partial charge in [0.15, 0.2) is 24.8 Å². The van der Waals surface area contributed by atoms with E-state index in [9.17, 15) is 50.1 Å². The van der Waals surface area contributed by atoms with Crippen LogP contribution < -0.4 is 0 Å². The summed E-state index contributed by atoms with van der Waals surface area (Å²) in [4.78, 5) is 38.5. The summed E-state index contributed by atoms with van der Waals surface area (Å²) in [6.45, 7) is 2.54. The minimum absolute atomic E-state index is 0.0478. The third-order valence-corrected chi connectivity index (χ3v) is 11.1. The van der Waals surface area contributed by atoms with Crippen LogP contribution in [0.5, 0.6) is 0 Å². The van der Waals surface area contributed by atoms with E-state index in [1.54, 1.807) is 18.2 Å². The SMILES string of the molecule is CCC1CC(C(=O)O)C[C@@H](OC2OC(CO)C(O)C(O[C@@H](CC3CCCCC3)C(=O)O)C2OC(=O)c2ccccc2)C1OC1OC(C)C(O)C(O)C1O. The lowest BCUT2D eigenvalue weighted by Gasteiger charge is -2.48. The summed E-state index contributed by atoms with van der Waals surface area (Å²) in [7, 11) is 0. The lowest BCUT2D eigenvalue weighted by Crippen LogP contribution is -2.64. The molecule has 0 bridgehead atoms. The Morgan fingerprint density at radius 2 is 1.53 bits per heavy atom.